The molecule has 0 saturated heterocycles. The van der Waals surface area contributed by atoms with Crippen LogP contribution in [0.15, 0.2) is 36.1 Å². The number of primary amides is 1. The Balaban J connectivity index is 2.71. The fourth-order valence-electron chi connectivity index (χ4n) is 0.903. The van der Waals surface area contributed by atoms with Crippen LogP contribution in [0.2, 0.25) is 0 Å². The lowest BCUT2D eigenvalue weighted by atomic mass is 10.2. The average Bonchev–Trinajstić information content (AvgIpc) is 2.14. The maximum atomic E-state index is 10.7. The minimum Gasteiger partial charge on any atom is -0.465 e. The lowest BCUT2D eigenvalue weighted by Gasteiger charge is -2.01. The molecule has 74 valence electrons. The Labute approximate surface area is 83.2 Å². The van der Waals surface area contributed by atoms with Crippen LogP contribution in [0.25, 0.3) is 0 Å². The molecule has 0 fully saturated rings. The summed E-state index contributed by atoms with van der Waals surface area (Å²) in [5.41, 5.74) is 6.54. The van der Waals surface area contributed by atoms with E-state index in [-0.39, 0.29) is 0 Å². The zero-order chi connectivity index (χ0) is 10.6. The van der Waals surface area contributed by atoms with Gasteiger partial charge in [0.1, 0.15) is 5.75 Å². The van der Waals surface area contributed by atoms with Crippen LogP contribution in [-0.2, 0) is 4.79 Å². The van der Waals surface area contributed by atoms with Crippen molar-refractivity contribution in [2.45, 2.75) is 13.8 Å². The van der Waals surface area contributed by atoms with Crippen LogP contribution in [-0.4, -0.2) is 5.91 Å². The zero-order valence-corrected chi connectivity index (χ0v) is 8.28. The molecule has 0 aliphatic carbocycles. The normalized spacial score (nSPS) is 11.1. The first kappa shape index (κ1) is 10.3. The summed E-state index contributed by atoms with van der Waals surface area (Å²) < 4.78 is 5.25. The molecule has 0 atom stereocenters. The molecule has 0 aromatic heterocycles. The number of carbonyl (C=O) groups is 1. The van der Waals surface area contributed by atoms with Crippen molar-refractivity contribution in [3.63, 3.8) is 0 Å². The molecule has 3 nitrogen and oxygen atoms in total. The highest BCUT2D eigenvalue weighted by Gasteiger charge is 1.97. The van der Waals surface area contributed by atoms with E-state index in [0.717, 1.165) is 5.56 Å². The summed E-state index contributed by atoms with van der Waals surface area (Å²) in [4.78, 5) is 10.7. The predicted octanol–water partition coefficient (Wildman–Crippen LogP) is 1.76. The molecule has 0 heterocycles. The van der Waals surface area contributed by atoms with Crippen molar-refractivity contribution in [3.8, 4) is 5.75 Å². The van der Waals surface area contributed by atoms with E-state index in [0.29, 0.717) is 11.3 Å². The standard InChI is InChI=1S/C11H13NO2/c1-8-4-3-5-10(6-8)14-7-9(2)11(12)13/h3-7H,1-2H3,(H2,12,13). The Morgan fingerprint density at radius 1 is 1.50 bits per heavy atom. The van der Waals surface area contributed by atoms with Gasteiger partial charge in [-0.05, 0) is 31.5 Å². The second-order valence-electron chi connectivity index (χ2n) is 3.10. The molecule has 1 rings (SSSR count). The predicted molar refractivity (Wildman–Crippen MR) is 54.8 cm³/mol. The maximum Gasteiger partial charge on any atom is 0.247 e. The van der Waals surface area contributed by atoms with Crippen LogP contribution in [0.5, 0.6) is 5.75 Å². The summed E-state index contributed by atoms with van der Waals surface area (Å²) in [5.74, 6) is 0.225. The number of ether oxygens (including phenoxy) is 1. The van der Waals surface area contributed by atoms with E-state index in [1.165, 1.54) is 6.26 Å². The molecule has 0 unspecified atom stereocenters. The summed E-state index contributed by atoms with van der Waals surface area (Å²) in [6.45, 7) is 3.58. The number of hydrogen-bond donors (Lipinski definition) is 1. The molecule has 0 spiro atoms. The molecule has 1 amide bonds. The van der Waals surface area contributed by atoms with E-state index < -0.39 is 5.91 Å². The zero-order valence-electron chi connectivity index (χ0n) is 8.28. The molecule has 0 aliphatic rings. The Hall–Kier alpha value is -1.77. The molecule has 0 radical (unpaired) electrons. The number of rotatable bonds is 3. The van der Waals surface area contributed by atoms with Crippen molar-refractivity contribution in [2.75, 3.05) is 0 Å². The van der Waals surface area contributed by atoms with Gasteiger partial charge in [0, 0.05) is 5.57 Å². The fraction of sp³-hybridized carbons (Fsp3) is 0.182. The van der Waals surface area contributed by atoms with E-state index in [2.05, 4.69) is 0 Å². The minimum absolute atomic E-state index is 0.395. The van der Waals surface area contributed by atoms with Crippen molar-refractivity contribution in [2.24, 2.45) is 5.73 Å². The Kier molecular flexibility index (Phi) is 3.29. The van der Waals surface area contributed by atoms with E-state index in [1.54, 1.807) is 6.92 Å². The highest BCUT2D eigenvalue weighted by molar-refractivity contribution is 5.90. The number of benzene rings is 1. The van der Waals surface area contributed by atoms with E-state index in [4.69, 9.17) is 10.5 Å². The number of aryl methyl sites for hydroxylation is 1. The first-order valence-electron chi connectivity index (χ1n) is 4.29. The molecule has 0 bridgehead atoms. The lowest BCUT2D eigenvalue weighted by Crippen LogP contribution is -2.12. The molecule has 0 aliphatic heterocycles. The van der Waals surface area contributed by atoms with Crippen molar-refractivity contribution in [1.82, 2.24) is 0 Å². The quantitative estimate of drug-likeness (QED) is 0.584. The topological polar surface area (TPSA) is 52.3 Å². The third kappa shape index (κ3) is 2.94. The van der Waals surface area contributed by atoms with Crippen molar-refractivity contribution < 1.29 is 9.53 Å². The van der Waals surface area contributed by atoms with Gasteiger partial charge < -0.3 is 10.5 Å². The SMILES string of the molecule is CC(=COc1cccc(C)c1)C(N)=O. The van der Waals surface area contributed by atoms with Gasteiger partial charge >= 0.3 is 0 Å². The Morgan fingerprint density at radius 2 is 2.21 bits per heavy atom. The third-order valence-corrected chi connectivity index (χ3v) is 1.75. The van der Waals surface area contributed by atoms with Gasteiger partial charge in [0.05, 0.1) is 6.26 Å². The van der Waals surface area contributed by atoms with Crippen molar-refractivity contribution >= 4 is 5.91 Å². The summed E-state index contributed by atoms with van der Waals surface area (Å²) in [6.07, 6.45) is 1.36. The molecular weight excluding hydrogens is 178 g/mol. The number of amides is 1. The highest BCUT2D eigenvalue weighted by Crippen LogP contribution is 2.12. The van der Waals surface area contributed by atoms with Crippen LogP contribution in [0.3, 0.4) is 0 Å². The van der Waals surface area contributed by atoms with Crippen molar-refractivity contribution in [1.29, 1.82) is 0 Å². The van der Waals surface area contributed by atoms with Crippen LogP contribution in [0.1, 0.15) is 12.5 Å². The van der Waals surface area contributed by atoms with Gasteiger partial charge in [-0.15, -0.1) is 0 Å². The van der Waals surface area contributed by atoms with Gasteiger partial charge in [0.2, 0.25) is 5.91 Å². The molecule has 2 N–H and O–H groups in total. The summed E-state index contributed by atoms with van der Waals surface area (Å²) in [6, 6.07) is 7.55. The van der Waals surface area contributed by atoms with Crippen LogP contribution in [0, 0.1) is 6.92 Å². The first-order chi connectivity index (χ1) is 6.59. The molecule has 3 heteroatoms. The van der Waals surface area contributed by atoms with E-state index in [1.807, 2.05) is 31.2 Å². The second kappa shape index (κ2) is 4.46. The number of hydrogen-bond acceptors (Lipinski definition) is 2. The fourth-order valence-corrected chi connectivity index (χ4v) is 0.903. The van der Waals surface area contributed by atoms with Crippen LogP contribution >= 0.6 is 0 Å². The van der Waals surface area contributed by atoms with Gasteiger partial charge in [-0.25, -0.2) is 0 Å². The van der Waals surface area contributed by atoms with Crippen LogP contribution < -0.4 is 10.5 Å². The Morgan fingerprint density at radius 3 is 2.79 bits per heavy atom. The molecule has 0 saturated carbocycles. The Bertz CT molecular complexity index is 369. The number of nitrogens with two attached hydrogens (primary N) is 1. The summed E-state index contributed by atoms with van der Waals surface area (Å²) in [5, 5.41) is 0. The van der Waals surface area contributed by atoms with Gasteiger partial charge in [0.15, 0.2) is 0 Å². The third-order valence-electron chi connectivity index (χ3n) is 1.75. The van der Waals surface area contributed by atoms with E-state index >= 15 is 0 Å². The van der Waals surface area contributed by atoms with Crippen LogP contribution in [0.4, 0.5) is 0 Å². The minimum atomic E-state index is -0.474. The maximum absolute atomic E-state index is 10.7. The molecule has 1 aromatic rings. The smallest absolute Gasteiger partial charge is 0.247 e. The van der Waals surface area contributed by atoms with Gasteiger partial charge in [-0.1, -0.05) is 12.1 Å². The number of carbonyl (C=O) groups excluding carboxylic acids is 1. The first-order valence-corrected chi connectivity index (χ1v) is 4.29. The molecule has 14 heavy (non-hydrogen) atoms. The monoisotopic (exact) mass is 191 g/mol. The lowest BCUT2D eigenvalue weighted by molar-refractivity contribution is -0.114. The average molecular weight is 191 g/mol. The van der Waals surface area contributed by atoms with Gasteiger partial charge in [-0.3, -0.25) is 4.79 Å². The van der Waals surface area contributed by atoms with Gasteiger partial charge in [-0.2, -0.15) is 0 Å². The largest absolute Gasteiger partial charge is 0.465 e. The van der Waals surface area contributed by atoms with Gasteiger partial charge in [0.25, 0.3) is 0 Å². The molecular formula is C11H13NO2. The summed E-state index contributed by atoms with van der Waals surface area (Å²) in [7, 11) is 0. The molecule has 1 aromatic carbocycles. The second-order valence-corrected chi connectivity index (χ2v) is 3.10. The van der Waals surface area contributed by atoms with Crippen molar-refractivity contribution in [3.05, 3.63) is 41.7 Å². The highest BCUT2D eigenvalue weighted by atomic mass is 16.5. The van der Waals surface area contributed by atoms with E-state index in [9.17, 15) is 4.79 Å². The summed E-state index contributed by atoms with van der Waals surface area (Å²) >= 11 is 0.